The first kappa shape index (κ1) is 11.0. The summed E-state index contributed by atoms with van der Waals surface area (Å²) in [4.78, 5) is 11.6. The SMILES string of the molecule is CCCCn1c(=O)oc2ccc(CO)cc21. The fourth-order valence-corrected chi connectivity index (χ4v) is 1.73. The highest BCUT2D eigenvalue weighted by atomic mass is 16.4. The molecule has 2 aromatic rings. The second-order valence-corrected chi connectivity index (χ2v) is 3.83. The average Bonchev–Trinajstić information content (AvgIpc) is 2.61. The Bertz CT molecular complexity index is 539. The van der Waals surface area contributed by atoms with Crippen molar-refractivity contribution < 1.29 is 9.52 Å². The summed E-state index contributed by atoms with van der Waals surface area (Å²) in [6.45, 7) is 2.72. The van der Waals surface area contributed by atoms with Crippen LogP contribution < -0.4 is 5.76 Å². The Balaban J connectivity index is 2.52. The summed E-state index contributed by atoms with van der Waals surface area (Å²) in [5.41, 5.74) is 2.14. The molecule has 0 aliphatic carbocycles. The van der Waals surface area contributed by atoms with Crippen molar-refractivity contribution in [3.8, 4) is 0 Å². The van der Waals surface area contributed by atoms with Crippen molar-refractivity contribution >= 4 is 11.1 Å². The van der Waals surface area contributed by atoms with Crippen LogP contribution in [0.15, 0.2) is 27.4 Å². The molecule has 0 atom stereocenters. The first-order chi connectivity index (χ1) is 7.76. The van der Waals surface area contributed by atoms with Gasteiger partial charge in [0.25, 0.3) is 0 Å². The summed E-state index contributed by atoms with van der Waals surface area (Å²) < 4.78 is 6.74. The lowest BCUT2D eigenvalue weighted by atomic mass is 10.2. The third kappa shape index (κ3) is 1.88. The van der Waals surface area contributed by atoms with Crippen LogP contribution in [0.25, 0.3) is 11.1 Å². The molecule has 0 saturated carbocycles. The summed E-state index contributed by atoms with van der Waals surface area (Å²) in [6, 6.07) is 5.29. The predicted octanol–water partition coefficient (Wildman–Crippen LogP) is 1.89. The lowest BCUT2D eigenvalue weighted by molar-refractivity contribution is 0.282. The van der Waals surface area contributed by atoms with Gasteiger partial charge in [-0.15, -0.1) is 0 Å². The van der Waals surface area contributed by atoms with Gasteiger partial charge in [-0.25, -0.2) is 4.79 Å². The van der Waals surface area contributed by atoms with Gasteiger partial charge in [0.15, 0.2) is 5.58 Å². The van der Waals surface area contributed by atoms with Gasteiger partial charge in [-0.1, -0.05) is 19.4 Å². The molecule has 4 nitrogen and oxygen atoms in total. The summed E-state index contributed by atoms with van der Waals surface area (Å²) in [5, 5.41) is 9.05. The van der Waals surface area contributed by atoms with Crippen LogP contribution in [0.1, 0.15) is 25.3 Å². The minimum absolute atomic E-state index is 0.0247. The van der Waals surface area contributed by atoms with E-state index in [-0.39, 0.29) is 12.4 Å². The van der Waals surface area contributed by atoms with Crippen molar-refractivity contribution in [2.45, 2.75) is 32.9 Å². The third-order valence-corrected chi connectivity index (χ3v) is 2.65. The average molecular weight is 221 g/mol. The number of hydrogen-bond acceptors (Lipinski definition) is 3. The molecule has 86 valence electrons. The van der Waals surface area contributed by atoms with E-state index in [4.69, 9.17) is 9.52 Å². The molecule has 16 heavy (non-hydrogen) atoms. The van der Waals surface area contributed by atoms with E-state index in [1.54, 1.807) is 22.8 Å². The number of aliphatic hydroxyl groups excluding tert-OH is 1. The maximum atomic E-state index is 11.6. The molecule has 0 spiro atoms. The molecule has 4 heteroatoms. The fraction of sp³-hybridized carbons (Fsp3) is 0.417. The first-order valence-electron chi connectivity index (χ1n) is 5.49. The maximum Gasteiger partial charge on any atom is 0.419 e. The van der Waals surface area contributed by atoms with Crippen LogP contribution in [-0.4, -0.2) is 9.67 Å². The number of unbranched alkanes of at least 4 members (excludes halogenated alkanes) is 1. The maximum absolute atomic E-state index is 11.6. The molecule has 1 N–H and O–H groups in total. The Morgan fingerprint density at radius 3 is 2.94 bits per heavy atom. The van der Waals surface area contributed by atoms with Gasteiger partial charge in [0.2, 0.25) is 0 Å². The number of aryl methyl sites for hydroxylation is 1. The van der Waals surface area contributed by atoms with Crippen molar-refractivity contribution in [1.82, 2.24) is 4.57 Å². The molecule has 1 aromatic carbocycles. The lowest BCUT2D eigenvalue weighted by Crippen LogP contribution is -2.13. The quantitative estimate of drug-likeness (QED) is 0.857. The van der Waals surface area contributed by atoms with E-state index in [2.05, 4.69) is 6.92 Å². The van der Waals surface area contributed by atoms with Crippen molar-refractivity contribution in [3.05, 3.63) is 34.3 Å². The summed E-state index contributed by atoms with van der Waals surface area (Å²) >= 11 is 0. The molecular formula is C12H15NO3. The zero-order valence-corrected chi connectivity index (χ0v) is 9.27. The number of aromatic nitrogens is 1. The van der Waals surface area contributed by atoms with Crippen LogP contribution >= 0.6 is 0 Å². The predicted molar refractivity (Wildman–Crippen MR) is 61.3 cm³/mol. The largest absolute Gasteiger partial charge is 0.419 e. The molecule has 0 aliphatic rings. The van der Waals surface area contributed by atoms with Gasteiger partial charge in [-0.05, 0) is 24.1 Å². The van der Waals surface area contributed by atoms with Crippen molar-refractivity contribution in [2.24, 2.45) is 0 Å². The lowest BCUT2D eigenvalue weighted by Gasteiger charge is -2.01. The van der Waals surface area contributed by atoms with Gasteiger partial charge in [0.1, 0.15) is 0 Å². The number of oxazole rings is 1. The van der Waals surface area contributed by atoms with Crippen LogP contribution in [0.2, 0.25) is 0 Å². The van der Waals surface area contributed by atoms with Gasteiger partial charge in [-0.2, -0.15) is 0 Å². The highest BCUT2D eigenvalue weighted by molar-refractivity contribution is 5.73. The summed E-state index contributed by atoms with van der Waals surface area (Å²) in [6.07, 6.45) is 1.97. The Morgan fingerprint density at radius 1 is 1.44 bits per heavy atom. The topological polar surface area (TPSA) is 55.4 Å². The monoisotopic (exact) mass is 221 g/mol. The molecule has 0 aliphatic heterocycles. The molecule has 0 radical (unpaired) electrons. The molecular weight excluding hydrogens is 206 g/mol. The molecule has 0 bridgehead atoms. The first-order valence-corrected chi connectivity index (χ1v) is 5.49. The van der Waals surface area contributed by atoms with Crippen LogP contribution in [0.5, 0.6) is 0 Å². The van der Waals surface area contributed by atoms with Crippen molar-refractivity contribution in [3.63, 3.8) is 0 Å². The van der Waals surface area contributed by atoms with E-state index >= 15 is 0 Å². The van der Waals surface area contributed by atoms with Gasteiger partial charge in [-0.3, -0.25) is 4.57 Å². The zero-order valence-electron chi connectivity index (χ0n) is 9.27. The minimum atomic E-state index is -0.321. The van der Waals surface area contributed by atoms with E-state index in [1.165, 1.54) is 0 Å². The van der Waals surface area contributed by atoms with Gasteiger partial charge in [0, 0.05) is 6.54 Å². The summed E-state index contributed by atoms with van der Waals surface area (Å²) in [5.74, 6) is -0.321. The number of nitrogens with zero attached hydrogens (tertiary/aromatic N) is 1. The normalized spacial score (nSPS) is 11.1. The molecule has 0 fully saturated rings. The highest BCUT2D eigenvalue weighted by Crippen LogP contribution is 2.15. The second kappa shape index (κ2) is 4.53. The van der Waals surface area contributed by atoms with Crippen LogP contribution in [0.3, 0.4) is 0 Å². The molecule has 0 saturated heterocycles. The molecule has 1 aromatic heterocycles. The standard InChI is InChI=1S/C12H15NO3/c1-2-3-6-13-10-7-9(8-14)4-5-11(10)16-12(13)15/h4-5,7,14H,2-3,6,8H2,1H3. The Morgan fingerprint density at radius 2 is 2.25 bits per heavy atom. The second-order valence-electron chi connectivity index (χ2n) is 3.83. The third-order valence-electron chi connectivity index (χ3n) is 2.65. The van der Waals surface area contributed by atoms with E-state index < -0.39 is 0 Å². The molecule has 1 heterocycles. The number of hydrogen-bond donors (Lipinski definition) is 1. The minimum Gasteiger partial charge on any atom is -0.408 e. The summed E-state index contributed by atoms with van der Waals surface area (Å²) in [7, 11) is 0. The highest BCUT2D eigenvalue weighted by Gasteiger charge is 2.08. The van der Waals surface area contributed by atoms with Crippen molar-refractivity contribution in [1.29, 1.82) is 0 Å². The number of rotatable bonds is 4. The Labute approximate surface area is 93.1 Å². The zero-order chi connectivity index (χ0) is 11.5. The van der Waals surface area contributed by atoms with E-state index in [0.717, 1.165) is 23.9 Å². The molecule has 0 amide bonds. The molecule has 2 rings (SSSR count). The van der Waals surface area contributed by atoms with Crippen LogP contribution in [0, 0.1) is 0 Å². The van der Waals surface area contributed by atoms with Crippen LogP contribution in [-0.2, 0) is 13.2 Å². The van der Waals surface area contributed by atoms with Crippen LogP contribution in [0.4, 0.5) is 0 Å². The number of benzene rings is 1. The van der Waals surface area contributed by atoms with E-state index in [1.807, 2.05) is 0 Å². The Hall–Kier alpha value is -1.55. The Kier molecular flexibility index (Phi) is 3.10. The molecule has 0 unspecified atom stereocenters. The smallest absolute Gasteiger partial charge is 0.408 e. The van der Waals surface area contributed by atoms with Gasteiger partial charge >= 0.3 is 5.76 Å². The van der Waals surface area contributed by atoms with E-state index in [0.29, 0.717) is 12.1 Å². The van der Waals surface area contributed by atoms with Crippen molar-refractivity contribution in [2.75, 3.05) is 0 Å². The number of fused-ring (bicyclic) bond motifs is 1. The number of aliphatic hydroxyl groups is 1. The van der Waals surface area contributed by atoms with E-state index in [9.17, 15) is 4.79 Å². The fourth-order valence-electron chi connectivity index (χ4n) is 1.73. The van der Waals surface area contributed by atoms with Gasteiger partial charge in [0.05, 0.1) is 12.1 Å². The van der Waals surface area contributed by atoms with Gasteiger partial charge < -0.3 is 9.52 Å².